The van der Waals surface area contributed by atoms with Crippen LogP contribution in [0.25, 0.3) is 0 Å². The average molecular weight is 339 g/mol. The number of halogens is 1. The third-order valence-corrected chi connectivity index (χ3v) is 3.48. The summed E-state index contributed by atoms with van der Waals surface area (Å²) in [6.07, 6.45) is 6.49. The lowest BCUT2D eigenvalue weighted by Crippen LogP contribution is -2.13. The van der Waals surface area contributed by atoms with Crippen LogP contribution in [0.4, 0.5) is 11.6 Å². The van der Waals surface area contributed by atoms with Gasteiger partial charge in [-0.2, -0.15) is 5.10 Å². The zero-order chi connectivity index (χ0) is 14.4. The first-order valence-corrected chi connectivity index (χ1v) is 7.47. The highest BCUT2D eigenvalue weighted by Gasteiger charge is 2.07. The molecule has 0 aliphatic rings. The second-order valence-electron chi connectivity index (χ2n) is 4.52. The summed E-state index contributed by atoms with van der Waals surface area (Å²) in [5, 5.41) is 10.8. The van der Waals surface area contributed by atoms with Gasteiger partial charge < -0.3 is 10.6 Å². The molecule has 0 bridgehead atoms. The van der Waals surface area contributed by atoms with Gasteiger partial charge in [0.25, 0.3) is 0 Å². The quantitative estimate of drug-likeness (QED) is 0.812. The lowest BCUT2D eigenvalue weighted by molar-refractivity contribution is 0.636. The predicted octanol–water partition coefficient (Wildman–Crippen LogP) is 2.68. The second-order valence-corrected chi connectivity index (χ2v) is 5.31. The number of nitrogens with one attached hydrogen (secondary N) is 2. The van der Waals surface area contributed by atoms with Crippen LogP contribution in [-0.2, 0) is 6.54 Å². The molecule has 2 rings (SSSR count). The summed E-state index contributed by atoms with van der Waals surface area (Å²) in [5.74, 6) is 1.61. The Morgan fingerprint density at radius 2 is 1.90 bits per heavy atom. The van der Waals surface area contributed by atoms with Gasteiger partial charge in [0, 0.05) is 19.3 Å². The minimum absolute atomic E-state index is 0.754. The van der Waals surface area contributed by atoms with Gasteiger partial charge in [0.15, 0.2) is 0 Å². The smallest absolute Gasteiger partial charge is 0.146 e. The highest BCUT2D eigenvalue weighted by molar-refractivity contribution is 9.10. The summed E-state index contributed by atoms with van der Waals surface area (Å²) in [6, 6.07) is 0. The summed E-state index contributed by atoms with van der Waals surface area (Å²) in [5.41, 5.74) is 1.17. The standard InChI is InChI=1S/C13H19BrN6/c1-3-4-15-12-11(14)13(18-9-17-12)16-5-6-20-8-10(2)7-19-20/h7-9H,3-6H2,1-2H3,(H2,15,16,17,18). The number of hydrogen-bond donors (Lipinski definition) is 2. The maximum atomic E-state index is 4.25. The van der Waals surface area contributed by atoms with E-state index < -0.39 is 0 Å². The molecular weight excluding hydrogens is 320 g/mol. The second kappa shape index (κ2) is 7.23. The Morgan fingerprint density at radius 3 is 2.50 bits per heavy atom. The Hall–Kier alpha value is -1.63. The molecule has 0 atom stereocenters. The average Bonchev–Trinajstić information content (AvgIpc) is 2.85. The molecule has 6 nitrogen and oxygen atoms in total. The summed E-state index contributed by atoms with van der Waals surface area (Å²) in [7, 11) is 0. The largest absolute Gasteiger partial charge is 0.369 e. The fourth-order valence-electron chi connectivity index (χ4n) is 1.74. The Bertz CT molecular complexity index is 554. The van der Waals surface area contributed by atoms with Crippen molar-refractivity contribution in [3.8, 4) is 0 Å². The number of aryl methyl sites for hydroxylation is 1. The van der Waals surface area contributed by atoms with E-state index in [1.54, 1.807) is 6.33 Å². The first-order chi connectivity index (χ1) is 9.70. The summed E-state index contributed by atoms with van der Waals surface area (Å²) in [6.45, 7) is 6.59. The van der Waals surface area contributed by atoms with Crippen LogP contribution in [-0.4, -0.2) is 32.8 Å². The van der Waals surface area contributed by atoms with E-state index in [2.05, 4.69) is 48.6 Å². The van der Waals surface area contributed by atoms with Crippen LogP contribution in [0.1, 0.15) is 18.9 Å². The molecule has 0 aliphatic carbocycles. The minimum atomic E-state index is 0.754. The Morgan fingerprint density at radius 1 is 1.20 bits per heavy atom. The SMILES string of the molecule is CCCNc1ncnc(NCCn2cc(C)cn2)c1Br. The number of rotatable bonds is 7. The predicted molar refractivity (Wildman–Crippen MR) is 84.0 cm³/mol. The van der Waals surface area contributed by atoms with Crippen molar-refractivity contribution >= 4 is 27.6 Å². The van der Waals surface area contributed by atoms with Crippen LogP contribution < -0.4 is 10.6 Å². The van der Waals surface area contributed by atoms with E-state index in [0.29, 0.717) is 0 Å². The van der Waals surface area contributed by atoms with Gasteiger partial charge in [0.2, 0.25) is 0 Å². The van der Waals surface area contributed by atoms with E-state index in [9.17, 15) is 0 Å². The molecule has 108 valence electrons. The zero-order valence-corrected chi connectivity index (χ0v) is 13.3. The molecule has 2 heterocycles. The number of nitrogens with zero attached hydrogens (tertiary/aromatic N) is 4. The summed E-state index contributed by atoms with van der Waals surface area (Å²) >= 11 is 3.53. The normalized spacial score (nSPS) is 10.6. The maximum Gasteiger partial charge on any atom is 0.146 e. The third kappa shape index (κ3) is 3.93. The van der Waals surface area contributed by atoms with Crippen molar-refractivity contribution in [1.82, 2.24) is 19.7 Å². The monoisotopic (exact) mass is 338 g/mol. The van der Waals surface area contributed by atoms with Gasteiger partial charge in [0.1, 0.15) is 22.4 Å². The van der Waals surface area contributed by atoms with Crippen LogP contribution in [0, 0.1) is 6.92 Å². The number of hydrogen-bond acceptors (Lipinski definition) is 5. The van der Waals surface area contributed by atoms with E-state index in [1.807, 2.05) is 24.0 Å². The van der Waals surface area contributed by atoms with E-state index in [1.165, 1.54) is 5.56 Å². The van der Waals surface area contributed by atoms with Gasteiger partial charge in [0.05, 0.1) is 12.7 Å². The first-order valence-electron chi connectivity index (χ1n) is 6.68. The molecule has 0 aromatic carbocycles. The van der Waals surface area contributed by atoms with E-state index in [4.69, 9.17) is 0 Å². The van der Waals surface area contributed by atoms with Crippen molar-refractivity contribution in [3.63, 3.8) is 0 Å². The molecule has 2 aromatic rings. The van der Waals surface area contributed by atoms with Crippen LogP contribution in [0.5, 0.6) is 0 Å². The van der Waals surface area contributed by atoms with Crippen molar-refractivity contribution < 1.29 is 0 Å². The molecule has 0 saturated carbocycles. The van der Waals surface area contributed by atoms with Crippen LogP contribution >= 0.6 is 15.9 Å². The molecule has 20 heavy (non-hydrogen) atoms. The van der Waals surface area contributed by atoms with Gasteiger partial charge in [-0.3, -0.25) is 4.68 Å². The Balaban J connectivity index is 1.92. The molecule has 0 saturated heterocycles. The van der Waals surface area contributed by atoms with E-state index in [-0.39, 0.29) is 0 Å². The molecule has 0 fully saturated rings. The van der Waals surface area contributed by atoms with Crippen molar-refractivity contribution in [2.75, 3.05) is 23.7 Å². The molecule has 0 spiro atoms. The van der Waals surface area contributed by atoms with E-state index >= 15 is 0 Å². The van der Waals surface area contributed by atoms with Crippen molar-refractivity contribution in [2.24, 2.45) is 0 Å². The summed E-state index contributed by atoms with van der Waals surface area (Å²) < 4.78 is 2.78. The molecule has 2 aromatic heterocycles. The van der Waals surface area contributed by atoms with Crippen molar-refractivity contribution in [2.45, 2.75) is 26.8 Å². The highest BCUT2D eigenvalue weighted by Crippen LogP contribution is 2.26. The van der Waals surface area contributed by atoms with Crippen LogP contribution in [0.2, 0.25) is 0 Å². The molecule has 0 aliphatic heterocycles. The van der Waals surface area contributed by atoms with Gasteiger partial charge in [-0.25, -0.2) is 9.97 Å². The van der Waals surface area contributed by atoms with Gasteiger partial charge in [-0.1, -0.05) is 6.92 Å². The number of aromatic nitrogens is 4. The van der Waals surface area contributed by atoms with Gasteiger partial charge in [-0.05, 0) is 34.8 Å². The highest BCUT2D eigenvalue weighted by atomic mass is 79.9. The zero-order valence-electron chi connectivity index (χ0n) is 11.7. The van der Waals surface area contributed by atoms with Gasteiger partial charge in [-0.15, -0.1) is 0 Å². The van der Waals surface area contributed by atoms with Crippen molar-refractivity contribution in [1.29, 1.82) is 0 Å². The van der Waals surface area contributed by atoms with Crippen LogP contribution in [0.3, 0.4) is 0 Å². The molecule has 7 heteroatoms. The van der Waals surface area contributed by atoms with Gasteiger partial charge >= 0.3 is 0 Å². The Kier molecular flexibility index (Phi) is 5.34. The van der Waals surface area contributed by atoms with E-state index in [0.717, 1.165) is 42.2 Å². The number of anilines is 2. The fourth-order valence-corrected chi connectivity index (χ4v) is 2.22. The van der Waals surface area contributed by atoms with Crippen LogP contribution in [0.15, 0.2) is 23.2 Å². The minimum Gasteiger partial charge on any atom is -0.369 e. The van der Waals surface area contributed by atoms with Crippen molar-refractivity contribution in [3.05, 3.63) is 28.8 Å². The third-order valence-electron chi connectivity index (χ3n) is 2.73. The molecule has 0 radical (unpaired) electrons. The lowest BCUT2D eigenvalue weighted by atomic mass is 10.4. The topological polar surface area (TPSA) is 67.7 Å². The molecular formula is C13H19BrN6. The molecule has 2 N–H and O–H groups in total. The molecule has 0 amide bonds. The lowest BCUT2D eigenvalue weighted by Gasteiger charge is -2.11. The fraction of sp³-hybridized carbons (Fsp3) is 0.462. The molecule has 0 unspecified atom stereocenters. The first kappa shape index (κ1) is 14.8. The Labute approximate surface area is 127 Å². The maximum absolute atomic E-state index is 4.25. The summed E-state index contributed by atoms with van der Waals surface area (Å²) in [4.78, 5) is 8.46.